The summed E-state index contributed by atoms with van der Waals surface area (Å²) >= 11 is 0. The fourth-order valence-electron chi connectivity index (χ4n) is 2.20. The molecule has 0 aromatic heterocycles. The van der Waals surface area contributed by atoms with Gasteiger partial charge in [0.25, 0.3) is 0 Å². The van der Waals surface area contributed by atoms with Crippen LogP contribution in [0.3, 0.4) is 0 Å². The summed E-state index contributed by atoms with van der Waals surface area (Å²) < 4.78 is 159. The maximum atomic E-state index is 13.8. The van der Waals surface area contributed by atoms with Gasteiger partial charge in [0.15, 0.2) is 29.1 Å². The molecule has 0 heterocycles. The summed E-state index contributed by atoms with van der Waals surface area (Å²) in [4.78, 5) is 0. The lowest BCUT2D eigenvalue weighted by Crippen LogP contribution is -2.21. The van der Waals surface area contributed by atoms with Crippen molar-refractivity contribution < 1.29 is 52.7 Å². The highest BCUT2D eigenvalue weighted by Gasteiger charge is 2.48. The molecule has 0 saturated heterocycles. The van der Waals surface area contributed by atoms with Crippen LogP contribution in [0.25, 0.3) is 11.1 Å². The van der Waals surface area contributed by atoms with Gasteiger partial charge in [-0.3, -0.25) is 0 Å². The maximum absolute atomic E-state index is 13.8. The molecule has 0 saturated carbocycles. The number of hydrogen-bond donors (Lipinski definition) is 0. The quantitative estimate of drug-likeness (QED) is 0.304. The maximum Gasteiger partial charge on any atom is 0.419 e. The summed E-state index contributed by atoms with van der Waals surface area (Å²) in [5.41, 5.74) is -10.8. The van der Waals surface area contributed by atoms with Crippen molar-refractivity contribution in [2.75, 3.05) is 0 Å². The second-order valence-electron chi connectivity index (χ2n) is 4.81. The molecule has 0 N–H and O–H groups in total. The van der Waals surface area contributed by atoms with Crippen molar-refractivity contribution in [3.8, 4) is 11.1 Å². The molecule has 0 aliphatic carbocycles. The average molecular weight is 398 g/mol. The van der Waals surface area contributed by atoms with Crippen molar-refractivity contribution in [1.82, 2.24) is 0 Å². The van der Waals surface area contributed by atoms with E-state index < -0.39 is 69.5 Å². The van der Waals surface area contributed by atoms with Gasteiger partial charge < -0.3 is 0 Å². The van der Waals surface area contributed by atoms with Gasteiger partial charge in [0.05, 0.1) is 0 Å². The molecule has 0 atom stereocenters. The number of alkyl halides is 6. The summed E-state index contributed by atoms with van der Waals surface area (Å²) in [5, 5.41) is 0. The second-order valence-corrected chi connectivity index (χ2v) is 4.81. The van der Waals surface area contributed by atoms with Gasteiger partial charge in [0, 0.05) is 17.2 Å². The predicted octanol–water partition coefficient (Wildman–Crippen LogP) is 6.23. The van der Waals surface area contributed by atoms with Crippen molar-refractivity contribution in [3.63, 3.8) is 0 Å². The Kier molecular flexibility index (Phi) is 4.67. The Morgan fingerprint density at radius 2 is 0.962 bits per heavy atom. The van der Waals surface area contributed by atoms with Crippen molar-refractivity contribution in [1.29, 1.82) is 0 Å². The zero-order valence-corrected chi connectivity index (χ0v) is 11.7. The lowest BCUT2D eigenvalue weighted by Gasteiger charge is -2.21. The molecule has 26 heavy (non-hydrogen) atoms. The third-order valence-corrected chi connectivity index (χ3v) is 3.15. The molecular formula is C14H2F12. The molecule has 0 amide bonds. The van der Waals surface area contributed by atoms with Crippen LogP contribution in [0.1, 0.15) is 11.1 Å². The minimum absolute atomic E-state index is 0.227. The van der Waals surface area contributed by atoms with Gasteiger partial charge in [-0.15, -0.1) is 0 Å². The first-order valence-electron chi connectivity index (χ1n) is 6.17. The Morgan fingerprint density at radius 3 is 1.35 bits per heavy atom. The SMILES string of the molecule is Fc1cc(F)c(F)c(-c2c(C(F)(F)F)c(F)c(F)c(F)c2C(F)(F)F)c1. The molecule has 2 rings (SSSR count). The molecule has 0 aliphatic heterocycles. The van der Waals surface area contributed by atoms with E-state index in [9.17, 15) is 52.7 Å². The van der Waals surface area contributed by atoms with E-state index in [1.807, 2.05) is 0 Å². The lowest BCUT2D eigenvalue weighted by molar-refractivity contribution is -0.145. The van der Waals surface area contributed by atoms with Crippen molar-refractivity contribution in [2.45, 2.75) is 12.4 Å². The molecule has 2 aromatic rings. The first-order valence-corrected chi connectivity index (χ1v) is 6.17. The normalized spacial score (nSPS) is 12.6. The topological polar surface area (TPSA) is 0 Å². The molecule has 0 spiro atoms. The van der Waals surface area contributed by atoms with Crippen LogP contribution in [0, 0.1) is 34.9 Å². The fourth-order valence-corrected chi connectivity index (χ4v) is 2.20. The monoisotopic (exact) mass is 398 g/mol. The average Bonchev–Trinajstić information content (AvgIpc) is 2.45. The van der Waals surface area contributed by atoms with Crippen LogP contribution >= 0.6 is 0 Å². The molecular weight excluding hydrogens is 396 g/mol. The van der Waals surface area contributed by atoms with Crippen LogP contribution in [0.15, 0.2) is 12.1 Å². The molecule has 0 bridgehead atoms. The molecule has 0 aliphatic rings. The standard InChI is InChI=1S/C14H2F12/c15-3-1-4(9(17)5(16)2-3)6-7(13(21,22)23)10(18)12(20)11(19)8(6)14(24,25)26/h1-2H. The Balaban J connectivity index is 3.19. The zero-order chi connectivity index (χ0) is 20.2. The lowest BCUT2D eigenvalue weighted by atomic mass is 9.91. The Morgan fingerprint density at radius 1 is 0.538 bits per heavy atom. The number of rotatable bonds is 1. The van der Waals surface area contributed by atoms with Crippen LogP contribution in [0.5, 0.6) is 0 Å². The zero-order valence-electron chi connectivity index (χ0n) is 11.7. The van der Waals surface area contributed by atoms with E-state index in [-0.39, 0.29) is 12.1 Å². The highest BCUT2D eigenvalue weighted by atomic mass is 19.4. The van der Waals surface area contributed by atoms with E-state index in [1.54, 1.807) is 0 Å². The van der Waals surface area contributed by atoms with Crippen molar-refractivity contribution in [3.05, 3.63) is 58.2 Å². The molecule has 142 valence electrons. The number of halogens is 12. The van der Waals surface area contributed by atoms with Crippen LogP contribution in [-0.2, 0) is 12.4 Å². The van der Waals surface area contributed by atoms with Gasteiger partial charge >= 0.3 is 12.4 Å². The van der Waals surface area contributed by atoms with E-state index in [0.29, 0.717) is 0 Å². The minimum Gasteiger partial charge on any atom is -0.207 e. The largest absolute Gasteiger partial charge is 0.419 e. The Labute approximate surface area is 135 Å². The predicted molar refractivity (Wildman–Crippen MR) is 61.6 cm³/mol. The summed E-state index contributed by atoms with van der Waals surface area (Å²) in [6.45, 7) is 0. The Hall–Kier alpha value is -2.40. The summed E-state index contributed by atoms with van der Waals surface area (Å²) in [6.07, 6.45) is -12.2. The van der Waals surface area contributed by atoms with Gasteiger partial charge in [-0.25, -0.2) is 26.3 Å². The second kappa shape index (κ2) is 6.09. The smallest absolute Gasteiger partial charge is 0.207 e. The third-order valence-electron chi connectivity index (χ3n) is 3.15. The van der Waals surface area contributed by atoms with E-state index >= 15 is 0 Å². The first-order chi connectivity index (χ1) is 11.7. The highest BCUT2D eigenvalue weighted by Crippen LogP contribution is 2.48. The van der Waals surface area contributed by atoms with Crippen LogP contribution in [0.4, 0.5) is 52.7 Å². The molecule has 0 nitrogen and oxygen atoms in total. The van der Waals surface area contributed by atoms with Gasteiger partial charge in [0.2, 0.25) is 0 Å². The summed E-state index contributed by atoms with van der Waals surface area (Å²) in [6, 6.07) is -0.565. The first kappa shape index (κ1) is 19.9. The van der Waals surface area contributed by atoms with Crippen LogP contribution in [0.2, 0.25) is 0 Å². The molecule has 0 radical (unpaired) electrons. The van der Waals surface area contributed by atoms with Crippen LogP contribution < -0.4 is 0 Å². The van der Waals surface area contributed by atoms with E-state index in [1.165, 1.54) is 0 Å². The van der Waals surface area contributed by atoms with Crippen LogP contribution in [-0.4, -0.2) is 0 Å². The van der Waals surface area contributed by atoms with Gasteiger partial charge in [0.1, 0.15) is 16.9 Å². The van der Waals surface area contributed by atoms with E-state index in [4.69, 9.17) is 0 Å². The van der Waals surface area contributed by atoms with E-state index in [0.717, 1.165) is 0 Å². The molecule has 2 aromatic carbocycles. The highest BCUT2D eigenvalue weighted by molar-refractivity contribution is 5.74. The molecule has 0 unspecified atom stereocenters. The molecule has 0 fully saturated rings. The van der Waals surface area contributed by atoms with Gasteiger partial charge in [-0.1, -0.05) is 0 Å². The van der Waals surface area contributed by atoms with Crippen molar-refractivity contribution in [2.24, 2.45) is 0 Å². The number of hydrogen-bond acceptors (Lipinski definition) is 0. The fraction of sp³-hybridized carbons (Fsp3) is 0.143. The molecule has 12 heteroatoms. The summed E-state index contributed by atoms with van der Waals surface area (Å²) in [7, 11) is 0. The Bertz CT molecular complexity index is 834. The minimum atomic E-state index is -6.09. The van der Waals surface area contributed by atoms with Gasteiger partial charge in [-0.05, 0) is 6.07 Å². The number of benzene rings is 2. The van der Waals surface area contributed by atoms with E-state index in [2.05, 4.69) is 0 Å². The summed E-state index contributed by atoms with van der Waals surface area (Å²) in [5.74, 6) is -15.9. The third kappa shape index (κ3) is 3.19. The van der Waals surface area contributed by atoms with Crippen molar-refractivity contribution >= 4 is 0 Å². The van der Waals surface area contributed by atoms with Gasteiger partial charge in [-0.2, -0.15) is 26.3 Å².